The number of hydrogen-bond donors (Lipinski definition) is 0. The van der Waals surface area contributed by atoms with Gasteiger partial charge in [-0.1, -0.05) is 23.5 Å². The van der Waals surface area contributed by atoms with Crippen LogP contribution in [0.1, 0.15) is 6.42 Å². The molecule has 0 spiro atoms. The zero-order valence-electron chi connectivity index (χ0n) is 16.6. The Labute approximate surface area is 178 Å². The highest BCUT2D eigenvalue weighted by atomic mass is 32.2. The van der Waals surface area contributed by atoms with Crippen molar-refractivity contribution >= 4 is 42.6 Å². The number of hydrogen-bond acceptors (Lipinski definition) is 7. The van der Waals surface area contributed by atoms with Crippen LogP contribution in [0.4, 0.5) is 5.13 Å². The summed E-state index contributed by atoms with van der Waals surface area (Å²) in [6.07, 6.45) is 0.725. The van der Waals surface area contributed by atoms with E-state index in [9.17, 15) is 13.2 Å². The minimum Gasteiger partial charge on any atom is -0.490 e. The van der Waals surface area contributed by atoms with E-state index in [2.05, 4.69) is 4.98 Å². The Morgan fingerprint density at radius 1 is 1.10 bits per heavy atom. The van der Waals surface area contributed by atoms with Crippen molar-refractivity contribution in [1.29, 1.82) is 0 Å². The number of benzene rings is 2. The van der Waals surface area contributed by atoms with Crippen LogP contribution in [0.3, 0.4) is 0 Å². The maximum absolute atomic E-state index is 13.0. The van der Waals surface area contributed by atoms with Crippen LogP contribution in [-0.2, 0) is 14.8 Å². The van der Waals surface area contributed by atoms with E-state index in [1.807, 2.05) is 24.3 Å². The van der Waals surface area contributed by atoms with Crippen molar-refractivity contribution in [2.75, 3.05) is 38.8 Å². The van der Waals surface area contributed by atoms with Gasteiger partial charge in [-0.15, -0.1) is 0 Å². The fourth-order valence-electron chi connectivity index (χ4n) is 2.98. The number of anilines is 1. The summed E-state index contributed by atoms with van der Waals surface area (Å²) in [7, 11) is -0.918. The van der Waals surface area contributed by atoms with E-state index in [1.54, 1.807) is 13.1 Å². The van der Waals surface area contributed by atoms with Gasteiger partial charge in [0.25, 0.3) is 0 Å². The van der Waals surface area contributed by atoms with Crippen molar-refractivity contribution in [1.82, 2.24) is 9.29 Å². The maximum atomic E-state index is 13.0. The molecular formula is C20H21N3O5S2. The first-order valence-electron chi connectivity index (χ1n) is 9.34. The lowest BCUT2D eigenvalue weighted by Gasteiger charge is -2.20. The molecule has 1 aliphatic heterocycles. The highest BCUT2D eigenvalue weighted by Crippen LogP contribution is 2.33. The molecule has 1 amide bonds. The van der Waals surface area contributed by atoms with Gasteiger partial charge in [-0.25, -0.2) is 13.4 Å². The summed E-state index contributed by atoms with van der Waals surface area (Å²) in [5, 5.41) is 0.516. The Morgan fingerprint density at radius 3 is 2.60 bits per heavy atom. The molecule has 4 rings (SSSR count). The number of sulfonamides is 1. The van der Waals surface area contributed by atoms with Crippen molar-refractivity contribution in [2.45, 2.75) is 11.3 Å². The van der Waals surface area contributed by atoms with E-state index < -0.39 is 10.0 Å². The Bertz CT molecular complexity index is 1160. The number of amides is 1. The molecule has 1 aromatic heterocycles. The molecule has 0 N–H and O–H groups in total. The van der Waals surface area contributed by atoms with E-state index in [-0.39, 0.29) is 17.3 Å². The van der Waals surface area contributed by atoms with Crippen molar-refractivity contribution in [3.05, 3.63) is 42.5 Å². The molecule has 2 aromatic carbocycles. The van der Waals surface area contributed by atoms with Crippen molar-refractivity contribution in [3.63, 3.8) is 0 Å². The third-order valence-corrected chi connectivity index (χ3v) is 7.64. The van der Waals surface area contributed by atoms with Gasteiger partial charge < -0.3 is 9.47 Å². The van der Waals surface area contributed by atoms with Gasteiger partial charge in [0.05, 0.1) is 34.9 Å². The molecule has 0 unspecified atom stereocenters. The molecule has 158 valence electrons. The third-order valence-electron chi connectivity index (χ3n) is 4.73. The number of carbonyl (C=O) groups excluding carboxylic acids is 1. The molecule has 0 saturated carbocycles. The van der Waals surface area contributed by atoms with Crippen molar-refractivity contribution in [3.8, 4) is 11.5 Å². The first kappa shape index (κ1) is 20.6. The third kappa shape index (κ3) is 3.98. The number of nitrogens with zero attached hydrogens (tertiary/aromatic N) is 3. The summed E-state index contributed by atoms with van der Waals surface area (Å²) in [5.41, 5.74) is 0.797. The number of ether oxygens (including phenoxy) is 2. The second-order valence-electron chi connectivity index (χ2n) is 6.84. The molecule has 10 heteroatoms. The van der Waals surface area contributed by atoms with Gasteiger partial charge in [-0.2, -0.15) is 4.31 Å². The molecule has 30 heavy (non-hydrogen) atoms. The maximum Gasteiger partial charge on any atom is 0.243 e. The van der Waals surface area contributed by atoms with Gasteiger partial charge >= 0.3 is 0 Å². The molecule has 2 heterocycles. The van der Waals surface area contributed by atoms with E-state index in [4.69, 9.17) is 9.47 Å². The predicted octanol–water partition coefficient (Wildman–Crippen LogP) is 2.74. The summed E-state index contributed by atoms with van der Waals surface area (Å²) in [4.78, 5) is 18.6. The number of para-hydroxylation sites is 1. The lowest BCUT2D eigenvalue weighted by molar-refractivity contribution is -0.118. The number of thiazole rings is 1. The molecular weight excluding hydrogens is 426 g/mol. The lowest BCUT2D eigenvalue weighted by Crippen LogP contribution is -2.39. The molecule has 3 aromatic rings. The average Bonchev–Trinajstić information content (AvgIpc) is 3.03. The first-order valence-corrected chi connectivity index (χ1v) is 11.6. The van der Waals surface area contributed by atoms with E-state index in [0.717, 1.165) is 20.9 Å². The number of rotatable bonds is 5. The van der Waals surface area contributed by atoms with Gasteiger partial charge in [0.1, 0.15) is 0 Å². The summed E-state index contributed by atoms with van der Waals surface area (Å²) in [6.45, 7) is 0.659. The molecule has 8 nitrogen and oxygen atoms in total. The van der Waals surface area contributed by atoms with Crippen LogP contribution in [0.15, 0.2) is 47.4 Å². The van der Waals surface area contributed by atoms with Crippen LogP contribution in [0.25, 0.3) is 10.2 Å². The molecule has 0 fully saturated rings. The lowest BCUT2D eigenvalue weighted by atomic mass is 10.3. The molecule has 1 aliphatic rings. The second kappa shape index (κ2) is 8.21. The van der Waals surface area contributed by atoms with Crippen molar-refractivity contribution in [2.24, 2.45) is 0 Å². The van der Waals surface area contributed by atoms with Crippen LogP contribution >= 0.6 is 11.3 Å². The standard InChI is InChI=1S/C20H21N3O5S2/c1-22(13-19(24)23(2)20-21-15-6-3-4-7-18(15)29-20)30(25,26)14-8-9-16-17(12-14)28-11-5-10-27-16/h3-4,6-9,12H,5,10-11,13H2,1-2H3. The molecule has 0 bridgehead atoms. The largest absolute Gasteiger partial charge is 0.490 e. The van der Waals surface area contributed by atoms with Gasteiger partial charge in [0, 0.05) is 26.6 Å². The second-order valence-corrected chi connectivity index (χ2v) is 9.89. The highest BCUT2D eigenvalue weighted by molar-refractivity contribution is 7.89. The topological polar surface area (TPSA) is 89.0 Å². The molecule has 0 saturated heterocycles. The minimum atomic E-state index is -3.89. The summed E-state index contributed by atoms with van der Waals surface area (Å²) >= 11 is 1.38. The Hall–Kier alpha value is -2.69. The van der Waals surface area contributed by atoms with Crippen LogP contribution in [0, 0.1) is 0 Å². The molecule has 0 radical (unpaired) electrons. The smallest absolute Gasteiger partial charge is 0.243 e. The van der Waals surface area contributed by atoms with Gasteiger partial charge in [-0.3, -0.25) is 9.69 Å². The number of likely N-dealkylation sites (N-methyl/N-ethyl adjacent to an activating group) is 2. The average molecular weight is 448 g/mol. The zero-order chi connectivity index (χ0) is 21.3. The molecule has 0 atom stereocenters. The number of carbonyl (C=O) groups is 1. The van der Waals surface area contributed by atoms with Crippen LogP contribution in [0.2, 0.25) is 0 Å². The summed E-state index contributed by atoms with van der Waals surface area (Å²) in [5.74, 6) is 0.523. The molecule has 0 aliphatic carbocycles. The predicted molar refractivity (Wildman–Crippen MR) is 115 cm³/mol. The first-order chi connectivity index (χ1) is 14.4. The summed E-state index contributed by atoms with van der Waals surface area (Å²) < 4.78 is 39.1. The van der Waals surface area contributed by atoms with Gasteiger partial charge in [-0.05, 0) is 24.3 Å². The fraction of sp³-hybridized carbons (Fsp3) is 0.300. The number of aromatic nitrogens is 1. The van der Waals surface area contributed by atoms with E-state index in [0.29, 0.717) is 29.8 Å². The van der Waals surface area contributed by atoms with Crippen LogP contribution < -0.4 is 14.4 Å². The quantitative estimate of drug-likeness (QED) is 0.598. The Kier molecular flexibility index (Phi) is 5.63. The fourth-order valence-corrected chi connectivity index (χ4v) is 5.06. The van der Waals surface area contributed by atoms with E-state index >= 15 is 0 Å². The monoisotopic (exact) mass is 447 g/mol. The SMILES string of the molecule is CN(C(=O)CN(C)S(=O)(=O)c1ccc2c(c1)OCCCO2)c1nc2ccccc2s1. The van der Waals surface area contributed by atoms with E-state index in [1.165, 1.54) is 35.4 Å². The Balaban J connectivity index is 1.51. The van der Waals surface area contributed by atoms with Gasteiger partial charge in [0.15, 0.2) is 16.6 Å². The van der Waals surface area contributed by atoms with Crippen LogP contribution in [-0.4, -0.2) is 57.5 Å². The van der Waals surface area contributed by atoms with Crippen LogP contribution in [0.5, 0.6) is 11.5 Å². The summed E-state index contributed by atoms with van der Waals surface area (Å²) in [6, 6.07) is 12.1. The van der Waals surface area contributed by atoms with Crippen molar-refractivity contribution < 1.29 is 22.7 Å². The Morgan fingerprint density at radius 2 is 1.83 bits per heavy atom. The normalized spacial score (nSPS) is 14.0. The zero-order valence-corrected chi connectivity index (χ0v) is 18.2. The minimum absolute atomic E-state index is 0.0460. The van der Waals surface area contributed by atoms with Gasteiger partial charge in [0.2, 0.25) is 15.9 Å². The number of fused-ring (bicyclic) bond motifs is 2. The highest BCUT2D eigenvalue weighted by Gasteiger charge is 2.27.